The normalized spacial score (nSPS) is 16.9. The molecule has 0 bridgehead atoms. The summed E-state index contributed by atoms with van der Waals surface area (Å²) in [6.45, 7) is 3.37. The van der Waals surface area contributed by atoms with E-state index in [1.807, 2.05) is 42.5 Å². The fraction of sp³-hybridized carbons (Fsp3) is 0.350. The molecular formula is C20H20O3S. The molecule has 0 amide bonds. The monoisotopic (exact) mass is 340 g/mol. The highest BCUT2D eigenvalue weighted by Crippen LogP contribution is 2.38. The second kappa shape index (κ2) is 6.28. The second-order valence-electron chi connectivity index (χ2n) is 6.19. The van der Waals surface area contributed by atoms with Gasteiger partial charge in [0.15, 0.2) is 11.2 Å². The van der Waals surface area contributed by atoms with Crippen LogP contribution in [0.5, 0.6) is 0 Å². The predicted octanol–water partition coefficient (Wildman–Crippen LogP) is 4.80. The van der Waals surface area contributed by atoms with Gasteiger partial charge < -0.3 is 9.47 Å². The van der Waals surface area contributed by atoms with Crippen molar-refractivity contribution in [1.29, 1.82) is 0 Å². The van der Waals surface area contributed by atoms with E-state index >= 15 is 0 Å². The molecule has 3 aromatic rings. The van der Waals surface area contributed by atoms with Crippen molar-refractivity contribution in [2.45, 2.75) is 32.0 Å². The first-order valence-electron chi connectivity index (χ1n) is 8.47. The van der Waals surface area contributed by atoms with Crippen LogP contribution in [0.3, 0.4) is 0 Å². The summed E-state index contributed by atoms with van der Waals surface area (Å²) in [6, 6.07) is 13.8. The highest BCUT2D eigenvalue weighted by Gasteiger charge is 2.38. The Labute approximate surface area is 144 Å². The number of rotatable bonds is 4. The maximum absolute atomic E-state index is 12.9. The van der Waals surface area contributed by atoms with Crippen LogP contribution >= 0.6 is 11.3 Å². The second-order valence-corrected chi connectivity index (χ2v) is 7.28. The topological polar surface area (TPSA) is 35.5 Å². The lowest BCUT2D eigenvalue weighted by Crippen LogP contribution is -2.27. The quantitative estimate of drug-likeness (QED) is 0.640. The van der Waals surface area contributed by atoms with Crippen LogP contribution in [0.15, 0.2) is 47.3 Å². The van der Waals surface area contributed by atoms with Gasteiger partial charge >= 0.3 is 0 Å². The summed E-state index contributed by atoms with van der Waals surface area (Å²) in [5.74, 6) is -0.688. The molecule has 4 heteroatoms. The number of fused-ring (bicyclic) bond motifs is 2. The fourth-order valence-electron chi connectivity index (χ4n) is 3.36. The first-order valence-corrected chi connectivity index (χ1v) is 9.29. The number of unbranched alkanes of at least 4 members (excludes halogenated alkanes) is 1. The molecule has 124 valence electrons. The Balaban J connectivity index is 1.89. The van der Waals surface area contributed by atoms with E-state index in [1.165, 1.54) is 0 Å². The molecule has 4 rings (SSSR count). The van der Waals surface area contributed by atoms with Crippen LogP contribution in [0, 0.1) is 0 Å². The van der Waals surface area contributed by atoms with Gasteiger partial charge in [0, 0.05) is 32.2 Å². The molecule has 1 saturated heterocycles. The van der Waals surface area contributed by atoms with Crippen LogP contribution in [-0.4, -0.2) is 13.2 Å². The molecule has 1 aliphatic heterocycles. The number of ether oxygens (including phenoxy) is 2. The predicted molar refractivity (Wildman–Crippen MR) is 98.7 cm³/mol. The lowest BCUT2D eigenvalue weighted by molar-refractivity contribution is -0.171. The minimum atomic E-state index is -0.688. The lowest BCUT2D eigenvalue weighted by Gasteiger charge is -2.28. The lowest BCUT2D eigenvalue weighted by atomic mass is 9.98. The van der Waals surface area contributed by atoms with Gasteiger partial charge in [-0.3, -0.25) is 4.79 Å². The smallest absolute Gasteiger partial charge is 0.195 e. The van der Waals surface area contributed by atoms with Gasteiger partial charge in [-0.15, -0.1) is 11.3 Å². The van der Waals surface area contributed by atoms with Crippen LogP contribution in [0.25, 0.3) is 20.2 Å². The third-order valence-corrected chi connectivity index (χ3v) is 5.78. The largest absolute Gasteiger partial charge is 0.343 e. The van der Waals surface area contributed by atoms with Gasteiger partial charge in [0.05, 0.1) is 13.2 Å². The van der Waals surface area contributed by atoms with E-state index in [9.17, 15) is 4.79 Å². The average molecular weight is 340 g/mol. The van der Waals surface area contributed by atoms with E-state index in [1.54, 1.807) is 11.3 Å². The molecule has 1 aromatic heterocycles. The minimum Gasteiger partial charge on any atom is -0.343 e. The summed E-state index contributed by atoms with van der Waals surface area (Å²) in [5.41, 5.74) is 1.05. The van der Waals surface area contributed by atoms with Crippen molar-refractivity contribution in [3.63, 3.8) is 0 Å². The van der Waals surface area contributed by atoms with Crippen LogP contribution in [-0.2, 0) is 15.3 Å². The Kier molecular flexibility index (Phi) is 4.12. The third-order valence-electron chi connectivity index (χ3n) is 4.63. The molecule has 0 saturated carbocycles. The molecule has 3 nitrogen and oxygen atoms in total. The van der Waals surface area contributed by atoms with E-state index in [2.05, 4.69) is 6.92 Å². The molecule has 0 spiro atoms. The standard InChI is InChI=1S/C20H20O3S/c1-2-3-10-20(22-11-12-23-20)14-8-9-18-16(13-14)19(21)15-6-4-5-7-17(15)24-18/h4-9,13H,2-3,10-12H2,1H3. The molecular weight excluding hydrogens is 320 g/mol. The molecule has 0 aliphatic carbocycles. The number of hydrogen-bond acceptors (Lipinski definition) is 4. The zero-order chi connectivity index (χ0) is 16.6. The van der Waals surface area contributed by atoms with Crippen LogP contribution in [0.1, 0.15) is 31.7 Å². The van der Waals surface area contributed by atoms with Gasteiger partial charge in [0.1, 0.15) is 0 Å². The molecule has 0 unspecified atom stereocenters. The van der Waals surface area contributed by atoms with Gasteiger partial charge in [-0.2, -0.15) is 0 Å². The van der Waals surface area contributed by atoms with Crippen molar-refractivity contribution in [3.05, 3.63) is 58.3 Å². The maximum Gasteiger partial charge on any atom is 0.195 e. The van der Waals surface area contributed by atoms with E-state index in [4.69, 9.17) is 9.47 Å². The van der Waals surface area contributed by atoms with E-state index in [0.717, 1.165) is 45.0 Å². The molecule has 0 radical (unpaired) electrons. The van der Waals surface area contributed by atoms with E-state index in [0.29, 0.717) is 13.2 Å². The highest BCUT2D eigenvalue weighted by atomic mass is 32.1. The Hall–Kier alpha value is -1.75. The summed E-state index contributed by atoms with van der Waals surface area (Å²) in [5, 5.41) is 1.54. The average Bonchev–Trinajstić information content (AvgIpc) is 3.10. The van der Waals surface area contributed by atoms with Gasteiger partial charge in [-0.25, -0.2) is 0 Å². The molecule has 2 heterocycles. The third kappa shape index (κ3) is 2.55. The highest BCUT2D eigenvalue weighted by molar-refractivity contribution is 7.24. The number of benzene rings is 2. The molecule has 0 atom stereocenters. The molecule has 1 aliphatic rings. The Morgan fingerprint density at radius 1 is 1.04 bits per heavy atom. The van der Waals surface area contributed by atoms with Gasteiger partial charge in [0.2, 0.25) is 0 Å². The van der Waals surface area contributed by atoms with Crippen molar-refractivity contribution < 1.29 is 9.47 Å². The van der Waals surface area contributed by atoms with Crippen molar-refractivity contribution in [1.82, 2.24) is 0 Å². The maximum atomic E-state index is 12.9. The molecule has 24 heavy (non-hydrogen) atoms. The zero-order valence-corrected chi connectivity index (χ0v) is 14.5. The van der Waals surface area contributed by atoms with E-state index in [-0.39, 0.29) is 5.43 Å². The summed E-state index contributed by atoms with van der Waals surface area (Å²) in [4.78, 5) is 12.9. The molecule has 1 fully saturated rings. The summed E-state index contributed by atoms with van der Waals surface area (Å²) in [6.07, 6.45) is 2.93. The zero-order valence-electron chi connectivity index (χ0n) is 13.7. The Bertz CT molecular complexity index is 938. The molecule has 0 N–H and O–H groups in total. The first-order chi connectivity index (χ1) is 11.7. The number of hydrogen-bond donors (Lipinski definition) is 0. The van der Waals surface area contributed by atoms with Crippen molar-refractivity contribution in [3.8, 4) is 0 Å². The van der Waals surface area contributed by atoms with Gasteiger partial charge in [-0.1, -0.05) is 31.5 Å². The summed E-state index contributed by atoms with van der Waals surface area (Å²) in [7, 11) is 0. The Morgan fingerprint density at radius 2 is 1.79 bits per heavy atom. The van der Waals surface area contributed by atoms with Crippen molar-refractivity contribution in [2.24, 2.45) is 0 Å². The summed E-state index contributed by atoms with van der Waals surface area (Å²) >= 11 is 1.65. The van der Waals surface area contributed by atoms with Crippen molar-refractivity contribution in [2.75, 3.05) is 13.2 Å². The van der Waals surface area contributed by atoms with Crippen LogP contribution < -0.4 is 5.43 Å². The van der Waals surface area contributed by atoms with E-state index < -0.39 is 5.79 Å². The van der Waals surface area contributed by atoms with Crippen LogP contribution in [0.4, 0.5) is 0 Å². The summed E-state index contributed by atoms with van der Waals surface area (Å²) < 4.78 is 14.0. The van der Waals surface area contributed by atoms with Gasteiger partial charge in [0.25, 0.3) is 0 Å². The minimum absolute atomic E-state index is 0.0878. The van der Waals surface area contributed by atoms with Crippen LogP contribution in [0.2, 0.25) is 0 Å². The fourth-order valence-corrected chi connectivity index (χ4v) is 4.41. The SMILES string of the molecule is CCCCC1(c2ccc3sc4ccccc4c(=O)c3c2)OCCO1. The van der Waals surface area contributed by atoms with Gasteiger partial charge in [-0.05, 0) is 30.7 Å². The first kappa shape index (κ1) is 15.8. The van der Waals surface area contributed by atoms with Crippen molar-refractivity contribution >= 4 is 31.5 Å². The Morgan fingerprint density at radius 3 is 2.58 bits per heavy atom. The molecule has 2 aromatic carbocycles.